The molecule has 0 amide bonds. The smallest absolute Gasteiger partial charge is 0.0900 e. The van der Waals surface area contributed by atoms with Crippen LogP contribution in [0, 0.1) is 0 Å². The molecule has 2 aromatic carbocycles. The maximum absolute atomic E-state index is 10.2. The Labute approximate surface area is 154 Å². The minimum absolute atomic E-state index is 0.342. The minimum atomic E-state index is -0.473. The number of hydrogen-bond acceptors (Lipinski definition) is 3. The van der Waals surface area contributed by atoms with Crippen LogP contribution in [0.3, 0.4) is 0 Å². The summed E-state index contributed by atoms with van der Waals surface area (Å²) in [6.07, 6.45) is 2.81. The number of halogens is 1. The van der Waals surface area contributed by atoms with Crippen molar-refractivity contribution in [1.29, 1.82) is 0 Å². The van der Waals surface area contributed by atoms with Crippen LogP contribution in [0.25, 0.3) is 5.57 Å². The highest BCUT2D eigenvalue weighted by Gasteiger charge is 2.16. The Morgan fingerprint density at radius 1 is 1.08 bits per heavy atom. The third kappa shape index (κ3) is 5.68. The molecule has 1 atom stereocenters. The molecule has 4 heteroatoms. The number of β-amino-alcohol motifs (C(OH)–C–C–N with tert-alkyl or cyclic N) is 1. The molecule has 0 saturated heterocycles. The Kier molecular flexibility index (Phi) is 6.65. The fraction of sp³-hybridized carbons (Fsp3) is 0.333. The molecule has 0 aromatic heterocycles. The van der Waals surface area contributed by atoms with Crippen molar-refractivity contribution < 1.29 is 9.84 Å². The summed E-state index contributed by atoms with van der Waals surface area (Å²) in [5.74, 6) is 0. The number of benzene rings is 2. The zero-order valence-electron chi connectivity index (χ0n) is 14.3. The zero-order chi connectivity index (χ0) is 17.5. The lowest BCUT2D eigenvalue weighted by molar-refractivity contribution is 0.0115. The van der Waals surface area contributed by atoms with Crippen LogP contribution in [0.2, 0.25) is 5.02 Å². The largest absolute Gasteiger partial charge is 0.389 e. The average Bonchev–Trinajstić information content (AvgIpc) is 2.65. The van der Waals surface area contributed by atoms with E-state index in [0.29, 0.717) is 19.8 Å². The summed E-state index contributed by atoms with van der Waals surface area (Å²) in [6.45, 7) is 3.31. The van der Waals surface area contributed by atoms with Crippen molar-refractivity contribution in [3.8, 4) is 0 Å². The number of nitrogens with zero attached hydrogens (tertiary/aromatic N) is 1. The van der Waals surface area contributed by atoms with Gasteiger partial charge in [0.25, 0.3) is 0 Å². The van der Waals surface area contributed by atoms with Gasteiger partial charge in [-0.2, -0.15) is 0 Å². The van der Waals surface area contributed by atoms with Gasteiger partial charge in [0.1, 0.15) is 0 Å². The standard InChI is InChI=1S/C21H24ClNO2/c22-20-8-6-17(7-9-20)15-25-16-21(24)14-23-12-10-19(11-13-23)18-4-2-1-3-5-18/h1-10,21,24H,11-16H2/t21-/m0/s1. The predicted molar refractivity (Wildman–Crippen MR) is 103 cm³/mol. The molecule has 0 spiro atoms. The average molecular weight is 358 g/mol. The van der Waals surface area contributed by atoms with E-state index in [2.05, 4.69) is 35.2 Å². The van der Waals surface area contributed by atoms with Gasteiger partial charge in [-0.15, -0.1) is 0 Å². The van der Waals surface area contributed by atoms with Gasteiger partial charge in [-0.3, -0.25) is 4.90 Å². The number of ether oxygens (including phenoxy) is 1. The van der Waals surface area contributed by atoms with Crippen molar-refractivity contribution in [2.45, 2.75) is 19.1 Å². The van der Waals surface area contributed by atoms with Gasteiger partial charge in [0, 0.05) is 24.7 Å². The van der Waals surface area contributed by atoms with E-state index in [1.165, 1.54) is 11.1 Å². The molecule has 0 radical (unpaired) electrons. The highest BCUT2D eigenvalue weighted by atomic mass is 35.5. The van der Waals surface area contributed by atoms with Gasteiger partial charge in [-0.05, 0) is 35.3 Å². The lowest BCUT2D eigenvalue weighted by Gasteiger charge is -2.28. The second-order valence-electron chi connectivity index (χ2n) is 6.40. The molecule has 1 heterocycles. The molecule has 0 unspecified atom stereocenters. The molecule has 0 fully saturated rings. The number of aliphatic hydroxyl groups is 1. The Morgan fingerprint density at radius 2 is 1.84 bits per heavy atom. The fourth-order valence-electron chi connectivity index (χ4n) is 3.04. The number of aliphatic hydroxyl groups excluding tert-OH is 1. The molecule has 0 aliphatic carbocycles. The first-order chi connectivity index (χ1) is 12.2. The molecule has 25 heavy (non-hydrogen) atoms. The van der Waals surface area contributed by atoms with E-state index in [-0.39, 0.29) is 0 Å². The molecule has 1 N–H and O–H groups in total. The summed E-state index contributed by atoms with van der Waals surface area (Å²) in [5, 5.41) is 10.9. The maximum atomic E-state index is 10.2. The van der Waals surface area contributed by atoms with E-state index in [0.717, 1.165) is 30.1 Å². The van der Waals surface area contributed by atoms with Crippen molar-refractivity contribution in [3.05, 3.63) is 76.8 Å². The topological polar surface area (TPSA) is 32.7 Å². The Bertz CT molecular complexity index is 685. The number of hydrogen-bond donors (Lipinski definition) is 1. The van der Waals surface area contributed by atoms with Crippen LogP contribution in [-0.2, 0) is 11.3 Å². The van der Waals surface area contributed by atoms with Gasteiger partial charge >= 0.3 is 0 Å². The second kappa shape index (κ2) is 9.16. The molecule has 0 bridgehead atoms. The molecular weight excluding hydrogens is 334 g/mol. The lowest BCUT2D eigenvalue weighted by atomic mass is 9.99. The third-order valence-corrected chi connectivity index (χ3v) is 4.65. The summed E-state index contributed by atoms with van der Waals surface area (Å²) in [7, 11) is 0. The first-order valence-electron chi connectivity index (χ1n) is 8.68. The van der Waals surface area contributed by atoms with Gasteiger partial charge in [0.15, 0.2) is 0 Å². The molecule has 1 aliphatic rings. The van der Waals surface area contributed by atoms with Gasteiger partial charge in [0.05, 0.1) is 19.3 Å². The quantitative estimate of drug-likeness (QED) is 0.812. The van der Waals surface area contributed by atoms with Crippen molar-refractivity contribution in [2.75, 3.05) is 26.2 Å². The van der Waals surface area contributed by atoms with E-state index >= 15 is 0 Å². The lowest BCUT2D eigenvalue weighted by Crippen LogP contribution is -2.37. The van der Waals surface area contributed by atoms with E-state index < -0.39 is 6.10 Å². The Morgan fingerprint density at radius 3 is 2.52 bits per heavy atom. The van der Waals surface area contributed by atoms with Crippen molar-refractivity contribution in [2.24, 2.45) is 0 Å². The Hall–Kier alpha value is -1.65. The summed E-state index contributed by atoms with van der Waals surface area (Å²) in [5.41, 5.74) is 3.75. The van der Waals surface area contributed by atoms with Crippen LogP contribution in [0.15, 0.2) is 60.7 Å². The molecule has 0 saturated carbocycles. The molecule has 132 valence electrons. The highest BCUT2D eigenvalue weighted by molar-refractivity contribution is 6.30. The molecule has 3 rings (SSSR count). The normalized spacial score (nSPS) is 16.5. The van der Waals surface area contributed by atoms with Crippen molar-refractivity contribution in [1.82, 2.24) is 4.90 Å². The van der Waals surface area contributed by atoms with Crippen LogP contribution < -0.4 is 0 Å². The van der Waals surface area contributed by atoms with E-state index in [1.807, 2.05) is 30.3 Å². The molecular formula is C21H24ClNO2. The van der Waals surface area contributed by atoms with Gasteiger partial charge in [-0.1, -0.05) is 60.1 Å². The maximum Gasteiger partial charge on any atom is 0.0900 e. The molecule has 3 nitrogen and oxygen atoms in total. The first kappa shape index (κ1) is 18.2. The summed E-state index contributed by atoms with van der Waals surface area (Å²) in [6, 6.07) is 18.1. The van der Waals surface area contributed by atoms with E-state index in [9.17, 15) is 5.11 Å². The molecule has 2 aromatic rings. The summed E-state index contributed by atoms with van der Waals surface area (Å²) >= 11 is 5.86. The van der Waals surface area contributed by atoms with Gasteiger partial charge in [-0.25, -0.2) is 0 Å². The Balaban J connectivity index is 1.39. The highest BCUT2D eigenvalue weighted by Crippen LogP contribution is 2.22. The molecule has 1 aliphatic heterocycles. The minimum Gasteiger partial charge on any atom is -0.389 e. The van der Waals surface area contributed by atoms with Crippen LogP contribution in [0.5, 0.6) is 0 Å². The zero-order valence-corrected chi connectivity index (χ0v) is 15.0. The summed E-state index contributed by atoms with van der Waals surface area (Å²) < 4.78 is 5.62. The second-order valence-corrected chi connectivity index (χ2v) is 6.84. The fourth-order valence-corrected chi connectivity index (χ4v) is 3.16. The van der Waals surface area contributed by atoms with Crippen LogP contribution in [-0.4, -0.2) is 42.4 Å². The number of rotatable bonds is 7. The third-order valence-electron chi connectivity index (χ3n) is 4.40. The first-order valence-corrected chi connectivity index (χ1v) is 9.05. The van der Waals surface area contributed by atoms with Gasteiger partial charge < -0.3 is 9.84 Å². The van der Waals surface area contributed by atoms with Crippen LogP contribution in [0.4, 0.5) is 0 Å². The monoisotopic (exact) mass is 357 g/mol. The SMILES string of the molecule is O[C@H](COCc1ccc(Cl)cc1)CN1CC=C(c2ccccc2)CC1. The van der Waals surface area contributed by atoms with Crippen LogP contribution >= 0.6 is 11.6 Å². The van der Waals surface area contributed by atoms with E-state index in [4.69, 9.17) is 16.3 Å². The van der Waals surface area contributed by atoms with E-state index in [1.54, 1.807) is 0 Å². The summed E-state index contributed by atoms with van der Waals surface area (Å²) in [4.78, 5) is 2.27. The van der Waals surface area contributed by atoms with Crippen molar-refractivity contribution >= 4 is 17.2 Å². The van der Waals surface area contributed by atoms with Gasteiger partial charge in [0.2, 0.25) is 0 Å². The predicted octanol–water partition coefficient (Wildman–Crippen LogP) is 4.01. The van der Waals surface area contributed by atoms with Crippen molar-refractivity contribution in [3.63, 3.8) is 0 Å². The van der Waals surface area contributed by atoms with Crippen LogP contribution in [0.1, 0.15) is 17.5 Å².